The number of methoxy groups -OCH3 is 1. The van der Waals surface area contributed by atoms with Crippen molar-refractivity contribution >= 4 is 23.2 Å². The summed E-state index contributed by atoms with van der Waals surface area (Å²) >= 11 is 6.04. The largest absolute Gasteiger partial charge is 0.495 e. The van der Waals surface area contributed by atoms with Gasteiger partial charge in [-0.1, -0.05) is 29.8 Å². The Balaban J connectivity index is 1.90. The number of hydrogen-bond acceptors (Lipinski definition) is 3. The summed E-state index contributed by atoms with van der Waals surface area (Å²) in [6.07, 6.45) is 0.250. The molecule has 5 heteroatoms. The van der Waals surface area contributed by atoms with Crippen LogP contribution in [0.3, 0.4) is 0 Å². The van der Waals surface area contributed by atoms with Gasteiger partial charge < -0.3 is 14.8 Å². The molecule has 0 aromatic heterocycles. The van der Waals surface area contributed by atoms with Gasteiger partial charge in [-0.25, -0.2) is 0 Å². The SMILES string of the molecule is COc1cc(Cl)c(C)cc1NC(=O)CCOc1ccccc1. The number of amides is 1. The summed E-state index contributed by atoms with van der Waals surface area (Å²) in [4.78, 5) is 12.0. The van der Waals surface area contributed by atoms with E-state index in [9.17, 15) is 4.79 Å². The monoisotopic (exact) mass is 319 g/mol. The summed E-state index contributed by atoms with van der Waals surface area (Å²) in [5, 5.41) is 3.41. The first-order valence-electron chi connectivity index (χ1n) is 6.92. The molecular weight excluding hydrogens is 302 g/mol. The summed E-state index contributed by atoms with van der Waals surface area (Å²) in [5.74, 6) is 1.14. The van der Waals surface area contributed by atoms with Crippen molar-refractivity contribution in [3.05, 3.63) is 53.1 Å². The van der Waals surface area contributed by atoms with Crippen LogP contribution >= 0.6 is 11.6 Å². The molecule has 4 nitrogen and oxygen atoms in total. The summed E-state index contributed by atoms with van der Waals surface area (Å²) in [7, 11) is 1.54. The van der Waals surface area contributed by atoms with Gasteiger partial charge in [0.1, 0.15) is 11.5 Å². The molecular formula is C17H18ClNO3. The molecule has 0 atom stereocenters. The lowest BCUT2D eigenvalue weighted by Crippen LogP contribution is -2.15. The third-order valence-corrected chi connectivity index (χ3v) is 3.50. The molecule has 2 aromatic carbocycles. The van der Waals surface area contributed by atoms with Gasteiger partial charge in [-0.05, 0) is 30.7 Å². The highest BCUT2D eigenvalue weighted by molar-refractivity contribution is 6.31. The minimum Gasteiger partial charge on any atom is -0.495 e. The number of carbonyl (C=O) groups excluding carboxylic acids is 1. The Morgan fingerprint density at radius 3 is 2.64 bits per heavy atom. The molecule has 0 spiro atoms. The lowest BCUT2D eigenvalue weighted by atomic mass is 10.2. The van der Waals surface area contributed by atoms with Gasteiger partial charge in [-0.15, -0.1) is 0 Å². The highest BCUT2D eigenvalue weighted by Crippen LogP contribution is 2.30. The van der Waals surface area contributed by atoms with Crippen LogP contribution in [0.15, 0.2) is 42.5 Å². The molecule has 0 heterocycles. The van der Waals surface area contributed by atoms with Gasteiger partial charge in [0.25, 0.3) is 0 Å². The molecule has 0 aliphatic rings. The Hall–Kier alpha value is -2.20. The molecule has 0 bridgehead atoms. The van der Waals surface area contributed by atoms with E-state index in [0.717, 1.165) is 11.3 Å². The smallest absolute Gasteiger partial charge is 0.227 e. The van der Waals surface area contributed by atoms with Gasteiger partial charge in [0.2, 0.25) is 5.91 Å². The van der Waals surface area contributed by atoms with E-state index in [4.69, 9.17) is 21.1 Å². The van der Waals surface area contributed by atoms with Gasteiger partial charge >= 0.3 is 0 Å². The second kappa shape index (κ2) is 7.71. The zero-order valence-electron chi connectivity index (χ0n) is 12.6. The number of nitrogens with one attached hydrogen (secondary N) is 1. The highest BCUT2D eigenvalue weighted by atomic mass is 35.5. The number of halogens is 1. The number of benzene rings is 2. The lowest BCUT2D eigenvalue weighted by molar-refractivity contribution is -0.116. The Labute approximate surface area is 135 Å². The van der Waals surface area contributed by atoms with Gasteiger partial charge in [-0.2, -0.15) is 0 Å². The maximum absolute atomic E-state index is 12.0. The van der Waals surface area contributed by atoms with Crippen molar-refractivity contribution in [3.63, 3.8) is 0 Å². The molecule has 116 valence electrons. The van der Waals surface area contributed by atoms with Gasteiger partial charge in [0, 0.05) is 11.1 Å². The van der Waals surface area contributed by atoms with Crippen LogP contribution in [-0.4, -0.2) is 19.6 Å². The minimum atomic E-state index is -0.143. The van der Waals surface area contributed by atoms with Crippen molar-refractivity contribution in [3.8, 4) is 11.5 Å². The molecule has 0 saturated carbocycles. The van der Waals surface area contributed by atoms with E-state index in [2.05, 4.69) is 5.32 Å². The molecule has 1 N–H and O–H groups in total. The number of ether oxygens (including phenoxy) is 2. The quantitative estimate of drug-likeness (QED) is 0.873. The molecule has 1 amide bonds. The second-order valence-corrected chi connectivity index (χ2v) is 5.17. The van der Waals surface area contributed by atoms with Crippen molar-refractivity contribution in [2.75, 3.05) is 19.0 Å². The van der Waals surface area contributed by atoms with E-state index < -0.39 is 0 Å². The van der Waals surface area contributed by atoms with Gasteiger partial charge in [0.05, 0.1) is 25.8 Å². The zero-order chi connectivity index (χ0) is 15.9. The van der Waals surface area contributed by atoms with Crippen molar-refractivity contribution in [2.24, 2.45) is 0 Å². The van der Waals surface area contributed by atoms with Crippen LogP contribution in [0.5, 0.6) is 11.5 Å². The van der Waals surface area contributed by atoms with E-state index in [-0.39, 0.29) is 12.3 Å². The van der Waals surface area contributed by atoms with E-state index in [1.165, 1.54) is 7.11 Å². The number of carbonyl (C=O) groups is 1. The number of hydrogen-bond donors (Lipinski definition) is 1. The number of para-hydroxylation sites is 1. The fourth-order valence-electron chi connectivity index (χ4n) is 1.92. The minimum absolute atomic E-state index is 0.143. The highest BCUT2D eigenvalue weighted by Gasteiger charge is 2.10. The molecule has 0 aliphatic carbocycles. The fourth-order valence-corrected chi connectivity index (χ4v) is 2.07. The molecule has 0 unspecified atom stereocenters. The predicted octanol–water partition coefficient (Wildman–Crippen LogP) is 4.06. The molecule has 22 heavy (non-hydrogen) atoms. The Morgan fingerprint density at radius 1 is 1.23 bits per heavy atom. The predicted molar refractivity (Wildman–Crippen MR) is 87.9 cm³/mol. The third-order valence-electron chi connectivity index (χ3n) is 3.10. The molecule has 2 aromatic rings. The normalized spacial score (nSPS) is 10.1. The number of rotatable bonds is 6. The summed E-state index contributed by atoms with van der Waals surface area (Å²) in [6.45, 7) is 2.18. The van der Waals surface area contributed by atoms with Crippen LogP contribution in [0.4, 0.5) is 5.69 Å². The Morgan fingerprint density at radius 2 is 1.95 bits per heavy atom. The first-order valence-corrected chi connectivity index (χ1v) is 7.30. The summed E-state index contributed by atoms with van der Waals surface area (Å²) < 4.78 is 10.7. The van der Waals surface area contributed by atoms with Crippen LogP contribution in [0.2, 0.25) is 5.02 Å². The maximum atomic E-state index is 12.0. The average Bonchev–Trinajstić information content (AvgIpc) is 2.51. The van der Waals surface area contributed by atoms with Crippen molar-refractivity contribution in [1.82, 2.24) is 0 Å². The van der Waals surface area contributed by atoms with E-state index in [1.54, 1.807) is 12.1 Å². The van der Waals surface area contributed by atoms with Crippen LogP contribution in [0.25, 0.3) is 0 Å². The van der Waals surface area contributed by atoms with E-state index in [1.807, 2.05) is 37.3 Å². The van der Waals surface area contributed by atoms with Crippen LogP contribution in [0.1, 0.15) is 12.0 Å². The topological polar surface area (TPSA) is 47.6 Å². The number of aryl methyl sites for hydroxylation is 1. The van der Waals surface area contributed by atoms with E-state index in [0.29, 0.717) is 23.1 Å². The zero-order valence-corrected chi connectivity index (χ0v) is 13.3. The van der Waals surface area contributed by atoms with Crippen molar-refractivity contribution < 1.29 is 14.3 Å². The lowest BCUT2D eigenvalue weighted by Gasteiger charge is -2.12. The Bertz CT molecular complexity index is 644. The van der Waals surface area contributed by atoms with Crippen LogP contribution in [-0.2, 0) is 4.79 Å². The van der Waals surface area contributed by atoms with Gasteiger partial charge in [-0.3, -0.25) is 4.79 Å². The molecule has 0 aliphatic heterocycles. The standard InChI is InChI=1S/C17H18ClNO3/c1-12-10-15(16(21-2)11-14(12)18)19-17(20)8-9-22-13-6-4-3-5-7-13/h3-7,10-11H,8-9H2,1-2H3,(H,19,20). The van der Waals surface area contributed by atoms with Crippen LogP contribution in [0, 0.1) is 6.92 Å². The van der Waals surface area contributed by atoms with Crippen LogP contribution < -0.4 is 14.8 Å². The van der Waals surface area contributed by atoms with Crippen molar-refractivity contribution in [2.45, 2.75) is 13.3 Å². The molecule has 0 radical (unpaired) electrons. The summed E-state index contributed by atoms with van der Waals surface area (Å²) in [5.41, 5.74) is 1.48. The van der Waals surface area contributed by atoms with Gasteiger partial charge in [0.15, 0.2) is 0 Å². The first kappa shape index (κ1) is 16.2. The third kappa shape index (κ3) is 4.40. The first-order chi connectivity index (χ1) is 10.6. The Kier molecular flexibility index (Phi) is 5.67. The maximum Gasteiger partial charge on any atom is 0.227 e. The number of anilines is 1. The second-order valence-electron chi connectivity index (χ2n) is 4.76. The van der Waals surface area contributed by atoms with E-state index >= 15 is 0 Å². The fraction of sp³-hybridized carbons (Fsp3) is 0.235. The summed E-state index contributed by atoms with van der Waals surface area (Å²) in [6, 6.07) is 12.9. The van der Waals surface area contributed by atoms with Crippen molar-refractivity contribution in [1.29, 1.82) is 0 Å². The molecule has 0 saturated heterocycles. The molecule has 0 fully saturated rings. The average molecular weight is 320 g/mol. The molecule has 2 rings (SSSR count).